The molecule has 2 aliphatic carbocycles. The Balaban J connectivity index is 1.59. The number of aliphatic hydroxyl groups excluding tert-OH is 1. The Labute approximate surface area is 127 Å². The van der Waals surface area contributed by atoms with E-state index in [1.165, 1.54) is 25.7 Å². The van der Waals surface area contributed by atoms with Gasteiger partial charge >= 0.3 is 6.03 Å². The highest BCUT2D eigenvalue weighted by atomic mass is 16.5. The number of urea groups is 1. The molecular weight excluding hydrogens is 268 g/mol. The van der Waals surface area contributed by atoms with Crippen LogP contribution in [0.1, 0.15) is 52.4 Å². The highest BCUT2D eigenvalue weighted by Crippen LogP contribution is 2.35. The zero-order valence-corrected chi connectivity index (χ0v) is 13.4. The molecule has 2 saturated carbocycles. The SMILES string of the molecule is CC1(C)CCCCC1NC(=O)NCC(O)COCC1CC1. The fourth-order valence-electron chi connectivity index (χ4n) is 2.90. The second-order valence-electron chi connectivity index (χ2n) is 7.28. The Morgan fingerprint density at radius 1 is 1.33 bits per heavy atom. The minimum atomic E-state index is -0.631. The summed E-state index contributed by atoms with van der Waals surface area (Å²) in [6, 6.07) is 0.0331. The lowest BCUT2D eigenvalue weighted by Crippen LogP contribution is -2.51. The highest BCUT2D eigenvalue weighted by Gasteiger charge is 2.33. The van der Waals surface area contributed by atoms with E-state index in [-0.39, 0.29) is 24.0 Å². The minimum Gasteiger partial charge on any atom is -0.389 e. The van der Waals surface area contributed by atoms with Crippen molar-refractivity contribution in [2.45, 2.75) is 64.5 Å². The molecule has 2 rings (SSSR count). The molecule has 5 heteroatoms. The van der Waals surface area contributed by atoms with E-state index in [2.05, 4.69) is 24.5 Å². The van der Waals surface area contributed by atoms with Gasteiger partial charge in [-0.15, -0.1) is 0 Å². The Hall–Kier alpha value is -0.810. The van der Waals surface area contributed by atoms with Gasteiger partial charge in [0.15, 0.2) is 0 Å². The average Bonchev–Trinajstić information content (AvgIpc) is 3.23. The van der Waals surface area contributed by atoms with Gasteiger partial charge in [-0.05, 0) is 37.0 Å². The third-order valence-corrected chi connectivity index (χ3v) is 4.67. The van der Waals surface area contributed by atoms with Crippen LogP contribution in [0.25, 0.3) is 0 Å². The molecule has 0 radical (unpaired) electrons. The van der Waals surface area contributed by atoms with Crippen LogP contribution < -0.4 is 10.6 Å². The van der Waals surface area contributed by atoms with Crippen LogP contribution in [0.3, 0.4) is 0 Å². The maximum absolute atomic E-state index is 11.9. The topological polar surface area (TPSA) is 70.6 Å². The number of carbonyl (C=O) groups is 1. The molecule has 0 aromatic carbocycles. The van der Waals surface area contributed by atoms with E-state index < -0.39 is 6.10 Å². The summed E-state index contributed by atoms with van der Waals surface area (Å²) in [7, 11) is 0. The largest absolute Gasteiger partial charge is 0.389 e. The summed E-state index contributed by atoms with van der Waals surface area (Å²) in [5.74, 6) is 0.696. The molecule has 21 heavy (non-hydrogen) atoms. The second kappa shape index (κ2) is 7.45. The van der Waals surface area contributed by atoms with Crippen molar-refractivity contribution >= 4 is 6.03 Å². The summed E-state index contributed by atoms with van der Waals surface area (Å²) in [6.45, 7) is 5.68. The molecule has 0 aromatic heterocycles. The zero-order chi connectivity index (χ0) is 15.3. The van der Waals surface area contributed by atoms with E-state index in [4.69, 9.17) is 4.74 Å². The van der Waals surface area contributed by atoms with Gasteiger partial charge in [0.05, 0.1) is 12.7 Å². The third kappa shape index (κ3) is 5.83. The van der Waals surface area contributed by atoms with E-state index in [1.54, 1.807) is 0 Å². The number of aliphatic hydroxyl groups is 1. The van der Waals surface area contributed by atoms with Crippen molar-refractivity contribution in [2.75, 3.05) is 19.8 Å². The van der Waals surface area contributed by atoms with E-state index >= 15 is 0 Å². The Morgan fingerprint density at radius 3 is 2.76 bits per heavy atom. The lowest BCUT2D eigenvalue weighted by molar-refractivity contribution is 0.0335. The molecule has 0 bridgehead atoms. The van der Waals surface area contributed by atoms with Gasteiger partial charge in [0.2, 0.25) is 0 Å². The summed E-state index contributed by atoms with van der Waals surface area (Å²) in [5.41, 5.74) is 0.154. The van der Waals surface area contributed by atoms with Gasteiger partial charge < -0.3 is 20.5 Å². The number of hydrogen-bond acceptors (Lipinski definition) is 3. The van der Waals surface area contributed by atoms with Crippen molar-refractivity contribution in [3.05, 3.63) is 0 Å². The van der Waals surface area contributed by atoms with Gasteiger partial charge in [-0.1, -0.05) is 26.7 Å². The van der Waals surface area contributed by atoms with E-state index in [0.29, 0.717) is 12.5 Å². The third-order valence-electron chi connectivity index (χ3n) is 4.67. The van der Waals surface area contributed by atoms with Crippen LogP contribution in [0.4, 0.5) is 4.79 Å². The van der Waals surface area contributed by atoms with Gasteiger partial charge in [0, 0.05) is 19.2 Å². The van der Waals surface area contributed by atoms with Gasteiger partial charge in [0.25, 0.3) is 0 Å². The maximum atomic E-state index is 11.9. The number of carbonyl (C=O) groups excluding carboxylic acids is 1. The van der Waals surface area contributed by atoms with Crippen molar-refractivity contribution < 1.29 is 14.6 Å². The van der Waals surface area contributed by atoms with Crippen LogP contribution in [-0.2, 0) is 4.74 Å². The first-order valence-electron chi connectivity index (χ1n) is 8.27. The van der Waals surface area contributed by atoms with Crippen LogP contribution in [0, 0.1) is 11.3 Å². The normalized spacial score (nSPS) is 26.1. The smallest absolute Gasteiger partial charge is 0.315 e. The summed E-state index contributed by atoms with van der Waals surface area (Å²) >= 11 is 0. The molecule has 2 fully saturated rings. The molecule has 0 aliphatic heterocycles. The summed E-state index contributed by atoms with van der Waals surface area (Å²) < 4.78 is 5.41. The molecule has 0 aromatic rings. The lowest BCUT2D eigenvalue weighted by Gasteiger charge is -2.39. The van der Waals surface area contributed by atoms with Crippen molar-refractivity contribution in [2.24, 2.45) is 11.3 Å². The zero-order valence-electron chi connectivity index (χ0n) is 13.4. The van der Waals surface area contributed by atoms with Crippen molar-refractivity contribution in [3.63, 3.8) is 0 Å². The van der Waals surface area contributed by atoms with E-state index in [0.717, 1.165) is 19.4 Å². The maximum Gasteiger partial charge on any atom is 0.315 e. The van der Waals surface area contributed by atoms with E-state index in [9.17, 15) is 9.90 Å². The van der Waals surface area contributed by atoms with Crippen LogP contribution in [0.15, 0.2) is 0 Å². The minimum absolute atomic E-state index is 0.154. The molecule has 122 valence electrons. The lowest BCUT2D eigenvalue weighted by atomic mass is 9.73. The highest BCUT2D eigenvalue weighted by molar-refractivity contribution is 5.74. The first kappa shape index (κ1) is 16.6. The molecule has 3 N–H and O–H groups in total. The van der Waals surface area contributed by atoms with Crippen molar-refractivity contribution in [3.8, 4) is 0 Å². The van der Waals surface area contributed by atoms with Crippen molar-refractivity contribution in [1.29, 1.82) is 0 Å². The van der Waals surface area contributed by atoms with Gasteiger partial charge in [-0.3, -0.25) is 0 Å². The number of hydrogen-bond donors (Lipinski definition) is 3. The van der Waals surface area contributed by atoms with Crippen LogP contribution in [0.5, 0.6) is 0 Å². The second-order valence-corrected chi connectivity index (χ2v) is 7.28. The van der Waals surface area contributed by atoms with Crippen molar-refractivity contribution in [1.82, 2.24) is 10.6 Å². The Morgan fingerprint density at radius 2 is 2.10 bits per heavy atom. The number of amides is 2. The molecular formula is C16H30N2O3. The van der Waals surface area contributed by atoms with E-state index in [1.807, 2.05) is 0 Å². The number of ether oxygens (including phenoxy) is 1. The summed E-state index contributed by atoms with van der Waals surface area (Å²) in [6.07, 6.45) is 6.45. The standard InChI is InChI=1S/C16H30N2O3/c1-16(2)8-4-3-5-14(16)18-15(20)17-9-13(19)11-21-10-12-6-7-12/h12-14,19H,3-11H2,1-2H3,(H2,17,18,20). The predicted octanol–water partition coefficient (Wildman–Crippen LogP) is 2.04. The quantitative estimate of drug-likeness (QED) is 0.673. The van der Waals surface area contributed by atoms with Crippen LogP contribution in [-0.4, -0.2) is 43.0 Å². The average molecular weight is 298 g/mol. The molecule has 0 saturated heterocycles. The summed E-state index contributed by atoms with van der Waals surface area (Å²) in [5, 5.41) is 15.6. The molecule has 2 amide bonds. The molecule has 2 aliphatic rings. The number of nitrogens with one attached hydrogen (secondary N) is 2. The monoisotopic (exact) mass is 298 g/mol. The first-order valence-corrected chi connectivity index (χ1v) is 8.27. The number of rotatable bonds is 7. The van der Waals surface area contributed by atoms with Gasteiger partial charge in [-0.2, -0.15) is 0 Å². The molecule has 2 unspecified atom stereocenters. The summed E-state index contributed by atoms with van der Waals surface area (Å²) in [4.78, 5) is 11.9. The molecule has 5 nitrogen and oxygen atoms in total. The van der Waals surface area contributed by atoms with Gasteiger partial charge in [-0.25, -0.2) is 4.79 Å². The Kier molecular flexibility index (Phi) is 5.88. The van der Waals surface area contributed by atoms with Gasteiger partial charge in [0.1, 0.15) is 0 Å². The first-order chi connectivity index (χ1) is 9.97. The molecule has 0 spiro atoms. The predicted molar refractivity (Wildman–Crippen MR) is 82.1 cm³/mol. The Bertz CT molecular complexity index is 342. The fourth-order valence-corrected chi connectivity index (χ4v) is 2.90. The van der Waals surface area contributed by atoms with Crippen LogP contribution in [0.2, 0.25) is 0 Å². The molecule has 0 heterocycles. The molecule has 2 atom stereocenters. The van der Waals surface area contributed by atoms with Crippen LogP contribution >= 0.6 is 0 Å². The fraction of sp³-hybridized carbons (Fsp3) is 0.938.